The summed E-state index contributed by atoms with van der Waals surface area (Å²) >= 11 is 3.43. The van der Waals surface area contributed by atoms with E-state index in [2.05, 4.69) is 21.2 Å². The first-order valence-electron chi connectivity index (χ1n) is 9.25. The first-order chi connectivity index (χ1) is 14.0. The molecule has 0 heterocycles. The Morgan fingerprint density at radius 2 is 1.72 bits per heavy atom. The molecule has 0 atom stereocenters. The molecule has 2 N–H and O–H groups in total. The zero-order valence-electron chi connectivity index (χ0n) is 16.0. The van der Waals surface area contributed by atoms with E-state index in [1.807, 2.05) is 55.5 Å². The molecule has 0 aliphatic carbocycles. The number of carboxylic acids is 1. The molecule has 5 nitrogen and oxygen atoms in total. The molecule has 0 aliphatic rings. The summed E-state index contributed by atoms with van der Waals surface area (Å²) in [6, 6.07) is 20.5. The number of hydrogen-bond donors (Lipinski definition) is 2. The van der Waals surface area contributed by atoms with E-state index in [1.165, 1.54) is 0 Å². The Morgan fingerprint density at radius 3 is 2.45 bits per heavy atom. The summed E-state index contributed by atoms with van der Waals surface area (Å²) in [6.45, 7) is 3.45. The zero-order valence-corrected chi connectivity index (χ0v) is 17.6. The second-order valence-corrected chi connectivity index (χ2v) is 7.28. The molecule has 0 fully saturated rings. The van der Waals surface area contributed by atoms with Crippen LogP contribution in [-0.2, 0) is 13.2 Å². The van der Waals surface area contributed by atoms with E-state index in [4.69, 9.17) is 14.6 Å². The molecule has 0 saturated heterocycles. The summed E-state index contributed by atoms with van der Waals surface area (Å²) < 4.78 is 12.7. The zero-order chi connectivity index (χ0) is 20.6. The number of rotatable bonds is 9. The fourth-order valence-electron chi connectivity index (χ4n) is 2.76. The first kappa shape index (κ1) is 20.7. The fraction of sp³-hybridized carbons (Fsp3) is 0.174. The number of benzene rings is 3. The van der Waals surface area contributed by atoms with Crippen molar-refractivity contribution in [2.45, 2.75) is 20.1 Å². The lowest BCUT2D eigenvalue weighted by molar-refractivity contribution is 0.0697. The van der Waals surface area contributed by atoms with Crippen LogP contribution in [0, 0.1) is 0 Å². The van der Waals surface area contributed by atoms with Crippen molar-refractivity contribution in [2.24, 2.45) is 0 Å². The minimum absolute atomic E-state index is 0.252. The van der Waals surface area contributed by atoms with Crippen LogP contribution in [0.25, 0.3) is 0 Å². The van der Waals surface area contributed by atoms with Gasteiger partial charge in [0.1, 0.15) is 6.61 Å². The summed E-state index contributed by atoms with van der Waals surface area (Å²) in [5.74, 6) is 0.425. The lowest BCUT2D eigenvalue weighted by Gasteiger charge is -2.14. The van der Waals surface area contributed by atoms with Crippen molar-refractivity contribution < 1.29 is 19.4 Å². The van der Waals surface area contributed by atoms with E-state index in [0.717, 1.165) is 21.3 Å². The topological polar surface area (TPSA) is 67.8 Å². The minimum Gasteiger partial charge on any atom is -0.490 e. The van der Waals surface area contributed by atoms with E-state index in [9.17, 15) is 4.79 Å². The molecule has 0 radical (unpaired) electrons. The molecule has 0 saturated carbocycles. The maximum Gasteiger partial charge on any atom is 0.335 e. The monoisotopic (exact) mass is 455 g/mol. The van der Waals surface area contributed by atoms with Gasteiger partial charge in [-0.3, -0.25) is 0 Å². The van der Waals surface area contributed by atoms with E-state index >= 15 is 0 Å². The summed E-state index contributed by atoms with van der Waals surface area (Å²) in [7, 11) is 0. The quantitative estimate of drug-likeness (QED) is 0.430. The highest BCUT2D eigenvalue weighted by atomic mass is 79.9. The third-order valence-corrected chi connectivity index (χ3v) is 4.75. The normalized spacial score (nSPS) is 10.4. The van der Waals surface area contributed by atoms with Gasteiger partial charge in [0.15, 0.2) is 11.5 Å². The number of anilines is 1. The average molecular weight is 456 g/mol. The van der Waals surface area contributed by atoms with Crippen LogP contribution in [0.3, 0.4) is 0 Å². The Labute approximate surface area is 178 Å². The molecule has 3 rings (SSSR count). The molecule has 6 heteroatoms. The van der Waals surface area contributed by atoms with Gasteiger partial charge in [-0.2, -0.15) is 0 Å². The van der Waals surface area contributed by atoms with Gasteiger partial charge < -0.3 is 19.9 Å². The van der Waals surface area contributed by atoms with Crippen LogP contribution < -0.4 is 14.8 Å². The number of halogens is 1. The van der Waals surface area contributed by atoms with E-state index in [0.29, 0.717) is 31.3 Å². The summed E-state index contributed by atoms with van der Waals surface area (Å²) in [5.41, 5.74) is 3.07. The molecule has 0 spiro atoms. The maximum absolute atomic E-state index is 11.1. The number of carboxylic acid groups (broad SMARTS) is 1. The summed E-state index contributed by atoms with van der Waals surface area (Å²) in [4.78, 5) is 11.1. The van der Waals surface area contributed by atoms with Crippen LogP contribution in [0.5, 0.6) is 11.5 Å². The minimum atomic E-state index is -0.945. The Morgan fingerprint density at radius 1 is 0.966 bits per heavy atom. The Bertz CT molecular complexity index is 973. The number of ether oxygens (including phenoxy) is 2. The van der Waals surface area contributed by atoms with Crippen LogP contribution >= 0.6 is 15.9 Å². The third kappa shape index (κ3) is 5.99. The van der Waals surface area contributed by atoms with Crippen LogP contribution in [0.4, 0.5) is 5.69 Å². The van der Waals surface area contributed by atoms with Crippen LogP contribution in [0.2, 0.25) is 0 Å². The molecule has 0 bridgehead atoms. The first-order valence-corrected chi connectivity index (χ1v) is 10.0. The average Bonchev–Trinajstić information content (AvgIpc) is 2.73. The van der Waals surface area contributed by atoms with E-state index < -0.39 is 5.97 Å². The molecule has 0 aliphatic heterocycles. The second-order valence-electron chi connectivity index (χ2n) is 6.37. The van der Waals surface area contributed by atoms with Crippen molar-refractivity contribution >= 4 is 27.6 Å². The van der Waals surface area contributed by atoms with Gasteiger partial charge in [-0.15, -0.1) is 0 Å². The molecule has 0 unspecified atom stereocenters. The van der Waals surface area contributed by atoms with Gasteiger partial charge in [-0.05, 0) is 60.5 Å². The van der Waals surface area contributed by atoms with E-state index in [1.54, 1.807) is 18.2 Å². The molecule has 3 aromatic rings. The van der Waals surface area contributed by atoms with Crippen molar-refractivity contribution in [3.63, 3.8) is 0 Å². The van der Waals surface area contributed by atoms with Gasteiger partial charge in [0.25, 0.3) is 0 Å². The van der Waals surface area contributed by atoms with Gasteiger partial charge in [-0.1, -0.05) is 40.2 Å². The van der Waals surface area contributed by atoms with Gasteiger partial charge in [-0.25, -0.2) is 4.79 Å². The lowest BCUT2D eigenvalue weighted by Crippen LogP contribution is -2.04. The molecular formula is C23H22BrNO4. The fourth-order valence-corrected chi connectivity index (χ4v) is 3.02. The molecular weight excluding hydrogens is 434 g/mol. The van der Waals surface area contributed by atoms with Crippen LogP contribution in [0.15, 0.2) is 71.2 Å². The van der Waals surface area contributed by atoms with Crippen molar-refractivity contribution in [1.29, 1.82) is 0 Å². The predicted octanol–water partition coefficient (Wildman–Crippen LogP) is 5.74. The highest BCUT2D eigenvalue weighted by Crippen LogP contribution is 2.30. The SMILES string of the molecule is CCOc1cc(CNc2cccc(C(=O)O)c2)ccc1OCc1ccc(Br)cc1. The van der Waals surface area contributed by atoms with Crippen molar-refractivity contribution in [3.8, 4) is 11.5 Å². The number of carbonyl (C=O) groups is 1. The molecule has 0 amide bonds. The Balaban J connectivity index is 1.67. The third-order valence-electron chi connectivity index (χ3n) is 4.22. The summed E-state index contributed by atoms with van der Waals surface area (Å²) in [6.07, 6.45) is 0. The smallest absolute Gasteiger partial charge is 0.335 e. The number of hydrogen-bond acceptors (Lipinski definition) is 4. The van der Waals surface area contributed by atoms with E-state index in [-0.39, 0.29) is 5.56 Å². The van der Waals surface area contributed by atoms with Gasteiger partial charge in [0.2, 0.25) is 0 Å². The van der Waals surface area contributed by atoms with Crippen LogP contribution in [-0.4, -0.2) is 17.7 Å². The number of nitrogens with one attached hydrogen (secondary N) is 1. The van der Waals surface area contributed by atoms with Gasteiger partial charge >= 0.3 is 5.97 Å². The standard InChI is InChI=1S/C23H22BrNO4/c1-2-28-22-12-17(14-25-20-5-3-4-18(13-20)23(26)27)8-11-21(22)29-15-16-6-9-19(24)10-7-16/h3-13,25H,2,14-15H2,1H3,(H,26,27). The van der Waals surface area contributed by atoms with Crippen molar-refractivity contribution in [2.75, 3.05) is 11.9 Å². The maximum atomic E-state index is 11.1. The van der Waals surface area contributed by atoms with Crippen molar-refractivity contribution in [3.05, 3.63) is 87.9 Å². The van der Waals surface area contributed by atoms with Gasteiger partial charge in [0.05, 0.1) is 12.2 Å². The van der Waals surface area contributed by atoms with Gasteiger partial charge in [0, 0.05) is 16.7 Å². The molecule has 150 valence electrons. The Kier molecular flexibility index (Phi) is 7.14. The molecule has 0 aromatic heterocycles. The molecule has 3 aromatic carbocycles. The highest BCUT2D eigenvalue weighted by molar-refractivity contribution is 9.10. The predicted molar refractivity (Wildman–Crippen MR) is 117 cm³/mol. The van der Waals surface area contributed by atoms with Crippen molar-refractivity contribution in [1.82, 2.24) is 0 Å². The van der Waals surface area contributed by atoms with Crippen LogP contribution in [0.1, 0.15) is 28.4 Å². The largest absolute Gasteiger partial charge is 0.490 e. The molecule has 29 heavy (non-hydrogen) atoms. The summed E-state index contributed by atoms with van der Waals surface area (Å²) in [5, 5.41) is 12.4. The Hall–Kier alpha value is -2.99. The second kappa shape index (κ2) is 9.98. The highest BCUT2D eigenvalue weighted by Gasteiger charge is 2.08. The lowest BCUT2D eigenvalue weighted by atomic mass is 10.1. The number of aromatic carboxylic acids is 1.